The van der Waals surface area contributed by atoms with Crippen LogP contribution < -0.4 is 0 Å². The fraction of sp³-hybridized carbons (Fsp3) is 0.733. The number of rotatable bonds is 4. The van der Waals surface area contributed by atoms with E-state index in [0.29, 0.717) is 6.04 Å². The average molecular weight is 311 g/mol. The number of hydrogen-bond acceptors (Lipinski definition) is 3. The topological polar surface area (TPSA) is 44.9 Å². The van der Waals surface area contributed by atoms with Crippen LogP contribution in [-0.2, 0) is 18.2 Å². The molecule has 1 saturated heterocycles. The SMILES string of the molecule is CCCc1nn(C)c2c1nc(C(C)Cl)n2C1CCCOC1. The molecule has 1 aliphatic heterocycles. The van der Waals surface area contributed by atoms with Crippen LogP contribution in [0.15, 0.2) is 0 Å². The molecular formula is C15H23ClN4O. The van der Waals surface area contributed by atoms with Gasteiger partial charge in [-0.05, 0) is 26.2 Å². The highest BCUT2D eigenvalue weighted by Gasteiger charge is 2.27. The van der Waals surface area contributed by atoms with Crippen molar-refractivity contribution in [1.29, 1.82) is 0 Å². The van der Waals surface area contributed by atoms with Gasteiger partial charge in [0.25, 0.3) is 0 Å². The first kappa shape index (κ1) is 14.9. The number of alkyl halides is 1. The second-order valence-corrected chi connectivity index (χ2v) is 6.47. The van der Waals surface area contributed by atoms with E-state index in [9.17, 15) is 0 Å². The van der Waals surface area contributed by atoms with Crippen molar-refractivity contribution in [3.63, 3.8) is 0 Å². The molecule has 2 atom stereocenters. The van der Waals surface area contributed by atoms with Gasteiger partial charge < -0.3 is 9.30 Å². The molecule has 0 spiro atoms. The monoisotopic (exact) mass is 310 g/mol. The predicted octanol–water partition coefficient (Wildman–Crippen LogP) is 3.37. The van der Waals surface area contributed by atoms with Crippen molar-refractivity contribution in [3.05, 3.63) is 11.5 Å². The highest BCUT2D eigenvalue weighted by atomic mass is 35.5. The molecule has 6 heteroatoms. The maximum atomic E-state index is 6.38. The third-order valence-corrected chi connectivity index (χ3v) is 4.30. The fourth-order valence-electron chi connectivity index (χ4n) is 3.19. The number of ether oxygens (including phenoxy) is 1. The molecule has 0 N–H and O–H groups in total. The number of aromatic nitrogens is 4. The van der Waals surface area contributed by atoms with Gasteiger partial charge in [-0.15, -0.1) is 11.6 Å². The molecule has 0 bridgehead atoms. The third-order valence-electron chi connectivity index (χ3n) is 4.11. The largest absolute Gasteiger partial charge is 0.379 e. The Morgan fingerprint density at radius 2 is 2.29 bits per heavy atom. The second-order valence-electron chi connectivity index (χ2n) is 5.82. The van der Waals surface area contributed by atoms with E-state index in [0.717, 1.165) is 61.6 Å². The summed E-state index contributed by atoms with van der Waals surface area (Å²) in [4.78, 5) is 4.82. The van der Waals surface area contributed by atoms with E-state index in [1.54, 1.807) is 0 Å². The minimum atomic E-state index is -0.117. The minimum Gasteiger partial charge on any atom is -0.379 e. The highest BCUT2D eigenvalue weighted by molar-refractivity contribution is 6.20. The van der Waals surface area contributed by atoms with Crippen LogP contribution in [0.4, 0.5) is 0 Å². The van der Waals surface area contributed by atoms with Gasteiger partial charge in [-0.1, -0.05) is 13.3 Å². The van der Waals surface area contributed by atoms with Gasteiger partial charge in [-0.2, -0.15) is 5.10 Å². The normalized spacial score (nSPS) is 21.0. The van der Waals surface area contributed by atoms with Crippen LogP contribution in [0.3, 0.4) is 0 Å². The molecule has 1 fully saturated rings. The molecule has 0 amide bonds. The molecule has 21 heavy (non-hydrogen) atoms. The maximum Gasteiger partial charge on any atom is 0.159 e. The Bertz CT molecular complexity index is 625. The Balaban J connectivity index is 2.16. The molecule has 0 radical (unpaired) electrons. The number of hydrogen-bond donors (Lipinski definition) is 0. The smallest absolute Gasteiger partial charge is 0.159 e. The Kier molecular flexibility index (Phi) is 4.22. The minimum absolute atomic E-state index is 0.117. The van der Waals surface area contributed by atoms with Crippen LogP contribution >= 0.6 is 11.6 Å². The van der Waals surface area contributed by atoms with E-state index in [1.807, 2.05) is 18.7 Å². The van der Waals surface area contributed by atoms with Gasteiger partial charge in [0.2, 0.25) is 0 Å². The van der Waals surface area contributed by atoms with Crippen LogP contribution in [0.25, 0.3) is 11.2 Å². The summed E-state index contributed by atoms with van der Waals surface area (Å²) in [7, 11) is 1.99. The summed E-state index contributed by atoms with van der Waals surface area (Å²) in [5.41, 5.74) is 3.16. The van der Waals surface area contributed by atoms with Crippen molar-refractivity contribution in [1.82, 2.24) is 19.3 Å². The van der Waals surface area contributed by atoms with Crippen molar-refractivity contribution in [3.8, 4) is 0 Å². The number of nitrogens with zero attached hydrogens (tertiary/aromatic N) is 4. The number of fused-ring (bicyclic) bond motifs is 1. The molecule has 2 aromatic rings. The summed E-state index contributed by atoms with van der Waals surface area (Å²) in [6.45, 7) is 5.73. The van der Waals surface area contributed by atoms with Gasteiger partial charge in [0.15, 0.2) is 5.65 Å². The number of halogens is 1. The van der Waals surface area contributed by atoms with Gasteiger partial charge in [-0.3, -0.25) is 4.68 Å². The molecule has 3 rings (SSSR count). The van der Waals surface area contributed by atoms with Crippen molar-refractivity contribution in [2.75, 3.05) is 13.2 Å². The first-order valence-electron chi connectivity index (χ1n) is 7.79. The molecule has 0 aliphatic carbocycles. The van der Waals surface area contributed by atoms with Crippen LogP contribution in [0.2, 0.25) is 0 Å². The molecule has 2 aromatic heterocycles. The molecular weight excluding hydrogens is 288 g/mol. The zero-order chi connectivity index (χ0) is 15.0. The molecule has 2 unspecified atom stereocenters. The summed E-state index contributed by atoms with van der Waals surface area (Å²) in [5.74, 6) is 0.938. The molecule has 116 valence electrons. The number of imidazole rings is 1. The van der Waals surface area contributed by atoms with Crippen molar-refractivity contribution in [2.24, 2.45) is 7.05 Å². The van der Waals surface area contributed by atoms with E-state index >= 15 is 0 Å². The lowest BCUT2D eigenvalue weighted by molar-refractivity contribution is 0.0592. The third kappa shape index (κ3) is 2.57. The first-order chi connectivity index (χ1) is 10.1. The molecule has 0 aromatic carbocycles. The lowest BCUT2D eigenvalue weighted by Crippen LogP contribution is -2.24. The Hall–Kier alpha value is -1.07. The number of aryl methyl sites for hydroxylation is 2. The fourth-order valence-corrected chi connectivity index (χ4v) is 3.35. The van der Waals surface area contributed by atoms with Crippen molar-refractivity contribution in [2.45, 2.75) is 50.9 Å². The summed E-state index contributed by atoms with van der Waals surface area (Å²) in [6, 6.07) is 0.310. The zero-order valence-electron chi connectivity index (χ0n) is 13.0. The van der Waals surface area contributed by atoms with E-state index in [1.165, 1.54) is 0 Å². The van der Waals surface area contributed by atoms with Gasteiger partial charge >= 0.3 is 0 Å². The quantitative estimate of drug-likeness (QED) is 0.813. The highest BCUT2D eigenvalue weighted by Crippen LogP contribution is 2.32. The van der Waals surface area contributed by atoms with E-state index in [2.05, 4.69) is 16.6 Å². The summed E-state index contributed by atoms with van der Waals surface area (Å²) in [5, 5.41) is 4.53. The Morgan fingerprint density at radius 3 is 2.90 bits per heavy atom. The summed E-state index contributed by atoms with van der Waals surface area (Å²) in [6.07, 6.45) is 4.21. The predicted molar refractivity (Wildman–Crippen MR) is 83.9 cm³/mol. The lowest BCUT2D eigenvalue weighted by atomic mass is 10.1. The van der Waals surface area contributed by atoms with Crippen molar-refractivity contribution < 1.29 is 4.74 Å². The Morgan fingerprint density at radius 1 is 1.48 bits per heavy atom. The van der Waals surface area contributed by atoms with Crippen molar-refractivity contribution >= 4 is 22.8 Å². The summed E-state index contributed by atoms with van der Waals surface area (Å²) >= 11 is 6.38. The average Bonchev–Trinajstić information content (AvgIpc) is 3.00. The Labute approximate surface area is 130 Å². The van der Waals surface area contributed by atoms with Gasteiger partial charge in [0, 0.05) is 13.7 Å². The van der Waals surface area contributed by atoms with Crippen LogP contribution in [-0.4, -0.2) is 32.5 Å². The van der Waals surface area contributed by atoms with Crippen LogP contribution in [0, 0.1) is 0 Å². The molecule has 0 saturated carbocycles. The van der Waals surface area contributed by atoms with E-state index in [4.69, 9.17) is 21.3 Å². The lowest BCUT2D eigenvalue weighted by Gasteiger charge is -2.26. The molecule has 1 aliphatic rings. The molecule has 5 nitrogen and oxygen atoms in total. The zero-order valence-corrected chi connectivity index (χ0v) is 13.7. The summed E-state index contributed by atoms with van der Waals surface area (Å²) < 4.78 is 9.87. The maximum absolute atomic E-state index is 6.38. The van der Waals surface area contributed by atoms with Gasteiger partial charge in [0.1, 0.15) is 11.3 Å². The van der Waals surface area contributed by atoms with Gasteiger partial charge in [-0.25, -0.2) is 4.98 Å². The van der Waals surface area contributed by atoms with E-state index in [-0.39, 0.29) is 5.38 Å². The van der Waals surface area contributed by atoms with Gasteiger partial charge in [0.05, 0.1) is 23.7 Å². The molecule has 3 heterocycles. The standard InChI is InChI=1S/C15H23ClN4O/c1-4-6-12-13-15(19(3)18-12)20(14(17-13)10(2)16)11-7-5-8-21-9-11/h10-11H,4-9H2,1-3H3. The van der Waals surface area contributed by atoms with Crippen LogP contribution in [0.1, 0.15) is 56.0 Å². The van der Waals surface area contributed by atoms with Crippen LogP contribution in [0.5, 0.6) is 0 Å². The first-order valence-corrected chi connectivity index (χ1v) is 8.22. The van der Waals surface area contributed by atoms with E-state index < -0.39 is 0 Å². The second kappa shape index (κ2) is 5.97.